The lowest BCUT2D eigenvalue weighted by molar-refractivity contribution is 0.0696. The molecule has 0 saturated heterocycles. The maximum atomic E-state index is 11.0. The van der Waals surface area contributed by atoms with E-state index in [-0.39, 0.29) is 36.0 Å². The highest BCUT2D eigenvalue weighted by atomic mass is 16.5. The summed E-state index contributed by atoms with van der Waals surface area (Å²) in [6, 6.07) is 2.62. The van der Waals surface area contributed by atoms with Gasteiger partial charge in [0.15, 0.2) is 11.5 Å². The minimum atomic E-state index is -1.12. The zero-order chi connectivity index (χ0) is 16.3. The molecule has 0 unspecified atom stereocenters. The number of benzene rings is 1. The maximum Gasteiger partial charge on any atom is 0.335 e. The van der Waals surface area contributed by atoms with E-state index in [0.717, 1.165) is 0 Å². The molecular formula is C16H18O5. The van der Waals surface area contributed by atoms with Gasteiger partial charge in [0.05, 0.1) is 12.7 Å². The first kappa shape index (κ1) is 18.2. The van der Waals surface area contributed by atoms with Crippen LogP contribution in [0.15, 0.2) is 12.1 Å². The zero-order valence-electron chi connectivity index (χ0n) is 12.3. The van der Waals surface area contributed by atoms with Crippen molar-refractivity contribution in [2.24, 2.45) is 0 Å². The number of ether oxygens (including phenoxy) is 3. The Labute approximate surface area is 124 Å². The van der Waals surface area contributed by atoms with Crippen LogP contribution in [0.3, 0.4) is 0 Å². The Kier molecular flexibility index (Phi) is 8.72. The fourth-order valence-electron chi connectivity index (χ4n) is 1.33. The van der Waals surface area contributed by atoms with Crippen LogP contribution in [-0.4, -0.2) is 31.4 Å². The molecule has 1 rings (SSSR count). The molecule has 0 saturated carbocycles. The van der Waals surface area contributed by atoms with Crippen LogP contribution in [0, 0.1) is 24.7 Å². The number of aromatic carboxylic acids is 1. The minimum Gasteiger partial charge on any atom is -0.493 e. The van der Waals surface area contributed by atoms with Gasteiger partial charge in [0.25, 0.3) is 0 Å². The molecule has 5 nitrogen and oxygen atoms in total. The molecule has 1 aromatic rings. The molecule has 5 heteroatoms. The van der Waals surface area contributed by atoms with Crippen LogP contribution in [0.1, 0.15) is 24.2 Å². The smallest absolute Gasteiger partial charge is 0.335 e. The average Bonchev–Trinajstić information content (AvgIpc) is 2.52. The molecule has 0 aliphatic heterocycles. The van der Waals surface area contributed by atoms with Crippen molar-refractivity contribution < 1.29 is 24.1 Å². The largest absolute Gasteiger partial charge is 0.493 e. The number of terminal acetylenes is 2. The lowest BCUT2D eigenvalue weighted by Crippen LogP contribution is -2.05. The molecule has 0 aromatic heterocycles. The molecule has 0 bridgehead atoms. The van der Waals surface area contributed by atoms with Crippen LogP contribution in [0.4, 0.5) is 0 Å². The number of methoxy groups -OCH3 is 1. The predicted molar refractivity (Wildman–Crippen MR) is 80.0 cm³/mol. The molecule has 1 N–H and O–H groups in total. The van der Waals surface area contributed by atoms with Gasteiger partial charge >= 0.3 is 5.97 Å². The highest BCUT2D eigenvalue weighted by molar-refractivity contribution is 5.89. The third-order valence-electron chi connectivity index (χ3n) is 2.10. The third kappa shape index (κ3) is 5.38. The standard InChI is InChI=1S/C14H12O5.C2H6/c1-4-6-18-12-9-10(14(15)16)8-11(17-3)13(12)19-7-5-2;1-2/h1-2,8-9H,6-7H2,3H3,(H,15,16);1-2H3. The van der Waals surface area contributed by atoms with Gasteiger partial charge in [-0.3, -0.25) is 0 Å². The Hall–Kier alpha value is -2.79. The van der Waals surface area contributed by atoms with E-state index in [4.69, 9.17) is 32.2 Å². The zero-order valence-corrected chi connectivity index (χ0v) is 12.3. The van der Waals surface area contributed by atoms with E-state index in [1.165, 1.54) is 19.2 Å². The summed E-state index contributed by atoms with van der Waals surface area (Å²) in [6.07, 6.45) is 10.2. The Morgan fingerprint density at radius 1 is 1.14 bits per heavy atom. The SMILES string of the molecule is C#CCOc1cc(C(=O)O)cc(OC)c1OCC#C.CC. The Morgan fingerprint density at radius 3 is 2.14 bits per heavy atom. The summed E-state index contributed by atoms with van der Waals surface area (Å²) in [5, 5.41) is 9.00. The van der Waals surface area contributed by atoms with Gasteiger partial charge in [0.2, 0.25) is 5.75 Å². The Bertz CT molecular complexity index is 549. The number of rotatable bonds is 6. The first-order valence-electron chi connectivity index (χ1n) is 6.21. The summed E-state index contributed by atoms with van der Waals surface area (Å²) < 4.78 is 15.6. The normalized spacial score (nSPS) is 8.43. The van der Waals surface area contributed by atoms with Gasteiger partial charge < -0.3 is 19.3 Å². The summed E-state index contributed by atoms with van der Waals surface area (Å²) in [4.78, 5) is 11.0. The fourth-order valence-corrected chi connectivity index (χ4v) is 1.33. The van der Waals surface area contributed by atoms with E-state index < -0.39 is 5.97 Å². The van der Waals surface area contributed by atoms with Gasteiger partial charge in [-0.1, -0.05) is 25.7 Å². The highest BCUT2D eigenvalue weighted by Gasteiger charge is 2.17. The summed E-state index contributed by atoms with van der Waals surface area (Å²) in [7, 11) is 1.38. The van der Waals surface area contributed by atoms with Crippen molar-refractivity contribution in [2.45, 2.75) is 13.8 Å². The van der Waals surface area contributed by atoms with Crippen LogP contribution >= 0.6 is 0 Å². The number of carboxylic acid groups (broad SMARTS) is 1. The topological polar surface area (TPSA) is 65.0 Å². The lowest BCUT2D eigenvalue weighted by Gasteiger charge is -2.14. The quantitative estimate of drug-likeness (QED) is 0.815. The summed E-state index contributed by atoms with van der Waals surface area (Å²) in [6.45, 7) is 3.97. The highest BCUT2D eigenvalue weighted by Crippen LogP contribution is 2.38. The fraction of sp³-hybridized carbons (Fsp3) is 0.312. The number of hydrogen-bond acceptors (Lipinski definition) is 4. The first-order valence-corrected chi connectivity index (χ1v) is 6.21. The number of carbonyl (C=O) groups is 1. The van der Waals surface area contributed by atoms with Crippen LogP contribution in [0.5, 0.6) is 17.2 Å². The van der Waals surface area contributed by atoms with Crippen molar-refractivity contribution in [1.29, 1.82) is 0 Å². The summed E-state index contributed by atoms with van der Waals surface area (Å²) in [5.41, 5.74) is -0.00284. The van der Waals surface area contributed by atoms with Crippen LogP contribution in [-0.2, 0) is 0 Å². The Balaban J connectivity index is 0.00000191. The van der Waals surface area contributed by atoms with Gasteiger partial charge in [-0.15, -0.1) is 12.8 Å². The van der Waals surface area contributed by atoms with Crippen LogP contribution in [0.25, 0.3) is 0 Å². The van der Waals surface area contributed by atoms with E-state index in [1.807, 2.05) is 13.8 Å². The molecule has 112 valence electrons. The van der Waals surface area contributed by atoms with Gasteiger partial charge in [0.1, 0.15) is 13.2 Å². The molecule has 0 spiro atoms. The third-order valence-corrected chi connectivity index (χ3v) is 2.10. The van der Waals surface area contributed by atoms with Crippen molar-refractivity contribution in [3.05, 3.63) is 17.7 Å². The second kappa shape index (κ2) is 10.1. The summed E-state index contributed by atoms with van der Waals surface area (Å²) in [5.74, 6) is 4.06. The molecular weight excluding hydrogens is 272 g/mol. The molecule has 21 heavy (non-hydrogen) atoms. The summed E-state index contributed by atoms with van der Waals surface area (Å²) >= 11 is 0. The second-order valence-corrected chi connectivity index (χ2v) is 3.30. The second-order valence-electron chi connectivity index (χ2n) is 3.30. The van der Waals surface area contributed by atoms with Crippen LogP contribution < -0.4 is 14.2 Å². The van der Waals surface area contributed by atoms with Crippen molar-refractivity contribution in [3.63, 3.8) is 0 Å². The van der Waals surface area contributed by atoms with E-state index in [9.17, 15) is 4.79 Å². The molecule has 0 aliphatic rings. The van der Waals surface area contributed by atoms with Gasteiger partial charge in [0, 0.05) is 0 Å². The van der Waals surface area contributed by atoms with Crippen LogP contribution in [0.2, 0.25) is 0 Å². The molecule has 0 fully saturated rings. The molecule has 1 aromatic carbocycles. The number of carboxylic acids is 1. The maximum absolute atomic E-state index is 11.0. The van der Waals surface area contributed by atoms with E-state index in [2.05, 4.69) is 11.8 Å². The van der Waals surface area contributed by atoms with Gasteiger partial charge in [-0.25, -0.2) is 4.79 Å². The molecule has 0 atom stereocenters. The van der Waals surface area contributed by atoms with Crippen molar-refractivity contribution in [3.8, 4) is 41.9 Å². The van der Waals surface area contributed by atoms with Crippen molar-refractivity contribution in [2.75, 3.05) is 20.3 Å². The minimum absolute atomic E-state index is 0.00284. The average molecular weight is 290 g/mol. The molecule has 0 radical (unpaired) electrons. The van der Waals surface area contributed by atoms with Crippen molar-refractivity contribution in [1.82, 2.24) is 0 Å². The lowest BCUT2D eigenvalue weighted by atomic mass is 10.2. The van der Waals surface area contributed by atoms with Crippen molar-refractivity contribution >= 4 is 5.97 Å². The monoisotopic (exact) mass is 290 g/mol. The van der Waals surface area contributed by atoms with E-state index >= 15 is 0 Å². The van der Waals surface area contributed by atoms with E-state index in [1.54, 1.807) is 0 Å². The molecule has 0 aliphatic carbocycles. The predicted octanol–water partition coefficient (Wildman–Crippen LogP) is 2.44. The van der Waals surface area contributed by atoms with Gasteiger partial charge in [-0.05, 0) is 12.1 Å². The molecule has 0 amide bonds. The first-order chi connectivity index (χ1) is 10.1. The van der Waals surface area contributed by atoms with E-state index in [0.29, 0.717) is 0 Å². The molecule has 0 heterocycles. The van der Waals surface area contributed by atoms with Gasteiger partial charge in [-0.2, -0.15) is 0 Å². The number of hydrogen-bond donors (Lipinski definition) is 1. The Morgan fingerprint density at radius 2 is 1.67 bits per heavy atom.